The topological polar surface area (TPSA) is 34.8 Å². The van der Waals surface area contributed by atoms with E-state index < -0.39 is 0 Å². The van der Waals surface area contributed by atoms with E-state index in [0.717, 1.165) is 90.2 Å². The van der Waals surface area contributed by atoms with Crippen LogP contribution in [0.3, 0.4) is 0 Å². The molecule has 0 amide bonds. The maximum absolute atomic E-state index is 7.59. The van der Waals surface area contributed by atoms with E-state index in [-0.39, 0.29) is 13.4 Å². The van der Waals surface area contributed by atoms with Crippen LogP contribution in [-0.2, 0) is 0 Å². The van der Waals surface area contributed by atoms with E-state index in [2.05, 4.69) is 298 Å². The number of hydrogen-bond donors (Lipinski definition) is 0. The average molecular weight is 1090 g/mol. The number of benzene rings is 14. The third-order valence-corrected chi connectivity index (χ3v) is 19.1. The normalized spacial score (nSPS) is 13.0. The molecule has 86 heavy (non-hydrogen) atoms. The van der Waals surface area contributed by atoms with Gasteiger partial charge >= 0.3 is 0 Å². The Morgan fingerprint density at radius 3 is 0.977 bits per heavy atom. The second-order valence-corrected chi connectivity index (χ2v) is 23.4. The average Bonchev–Trinajstić information content (AvgIpc) is 1.35. The summed E-state index contributed by atoms with van der Waals surface area (Å²) >= 11 is 0. The van der Waals surface area contributed by atoms with Gasteiger partial charge in [-0.05, 0) is 150 Å². The van der Waals surface area contributed by atoms with Crippen LogP contribution in [0.2, 0.25) is 0 Å². The van der Waals surface area contributed by atoms with Crippen molar-refractivity contribution in [1.29, 1.82) is 0 Å². The molecule has 0 bridgehead atoms. The number of rotatable bonds is 6. The minimum absolute atomic E-state index is 0.109. The minimum Gasteiger partial charge on any atom is -0.458 e. The molecule has 20 rings (SSSR count). The quantitative estimate of drug-likeness (QED) is 0.123. The van der Waals surface area contributed by atoms with Crippen LogP contribution in [0.25, 0.3) is 87.3 Å². The van der Waals surface area contributed by atoms with Crippen molar-refractivity contribution in [1.82, 2.24) is 9.13 Å². The zero-order valence-corrected chi connectivity index (χ0v) is 46.3. The molecule has 0 atom stereocenters. The molecule has 0 radical (unpaired) electrons. The van der Waals surface area contributed by atoms with Crippen LogP contribution in [0.4, 0.5) is 34.1 Å². The van der Waals surface area contributed by atoms with Gasteiger partial charge in [-0.3, -0.25) is 0 Å². The number of ether oxygens (including phenoxy) is 2. The fourth-order valence-corrected chi connectivity index (χ4v) is 15.7. The second-order valence-electron chi connectivity index (χ2n) is 23.4. The maximum atomic E-state index is 7.59. The lowest BCUT2D eigenvalue weighted by molar-refractivity contribution is 0.487. The van der Waals surface area contributed by atoms with E-state index in [1.807, 2.05) is 0 Å². The van der Waals surface area contributed by atoms with E-state index >= 15 is 0 Å². The SMILES string of the molecule is c1ccc(N(c2ccccc2)c2cc3c4c(c2)-n2c5ccccc5c5cccc(c52)B4c2cc4c5ccccc5c5cc6c(cc5c4cc2O3)Oc2cc(N(c3ccccc3)c3ccccc3)cc3c2B6c2cccc4c5ccccc5n-3c24)cc1. The molecule has 0 fully saturated rings. The van der Waals surface area contributed by atoms with Gasteiger partial charge in [-0.2, -0.15) is 0 Å². The third kappa shape index (κ3) is 6.21. The molecule has 6 nitrogen and oxygen atoms in total. The Kier molecular flexibility index (Phi) is 9.26. The molecule has 14 aromatic carbocycles. The van der Waals surface area contributed by atoms with Crippen molar-refractivity contribution in [2.75, 3.05) is 9.80 Å². The molecule has 0 spiro atoms. The van der Waals surface area contributed by atoms with Crippen LogP contribution in [0.5, 0.6) is 23.0 Å². The minimum atomic E-state index is -0.109. The van der Waals surface area contributed by atoms with Gasteiger partial charge in [0.05, 0.1) is 22.4 Å². The highest BCUT2D eigenvalue weighted by molar-refractivity contribution is 7.00. The predicted octanol–water partition coefficient (Wildman–Crippen LogP) is 16.2. The summed E-state index contributed by atoms with van der Waals surface area (Å²) in [5.74, 6) is 3.41. The van der Waals surface area contributed by atoms with Crippen molar-refractivity contribution in [2.24, 2.45) is 0 Å². The molecule has 2 aromatic heterocycles. The zero-order valence-electron chi connectivity index (χ0n) is 46.3. The summed E-state index contributed by atoms with van der Waals surface area (Å²) in [7, 11) is 0. The highest BCUT2D eigenvalue weighted by Crippen LogP contribution is 2.48. The molecule has 396 valence electrons. The summed E-state index contributed by atoms with van der Waals surface area (Å²) in [6, 6.07) is 102. The Balaban J connectivity index is 0.847. The van der Waals surface area contributed by atoms with Crippen molar-refractivity contribution < 1.29 is 9.47 Å². The number of para-hydroxylation sites is 8. The molecule has 6 heterocycles. The van der Waals surface area contributed by atoms with Crippen LogP contribution < -0.4 is 52.1 Å². The molecular formula is C78H46B2N4O2. The fourth-order valence-electron chi connectivity index (χ4n) is 15.7. The van der Waals surface area contributed by atoms with Crippen LogP contribution in [0.1, 0.15) is 0 Å². The first-order valence-electron chi connectivity index (χ1n) is 29.7. The Morgan fingerprint density at radius 2 is 0.581 bits per heavy atom. The van der Waals surface area contributed by atoms with E-state index in [0.29, 0.717) is 0 Å². The van der Waals surface area contributed by atoms with Gasteiger partial charge in [0.1, 0.15) is 23.0 Å². The highest BCUT2D eigenvalue weighted by Gasteiger charge is 2.44. The Hall–Kier alpha value is -11.2. The molecule has 16 aromatic rings. The van der Waals surface area contributed by atoms with E-state index in [4.69, 9.17) is 9.47 Å². The number of nitrogens with zero attached hydrogens (tertiary/aromatic N) is 4. The molecular weight excluding hydrogens is 1050 g/mol. The summed E-state index contributed by atoms with van der Waals surface area (Å²) < 4.78 is 20.2. The first-order valence-corrected chi connectivity index (χ1v) is 29.7. The molecule has 0 unspecified atom stereocenters. The summed E-state index contributed by atoms with van der Waals surface area (Å²) in [5, 5.41) is 12.0. The molecule has 0 aliphatic carbocycles. The van der Waals surface area contributed by atoms with E-state index in [9.17, 15) is 0 Å². The van der Waals surface area contributed by atoms with Crippen molar-refractivity contribution in [3.8, 4) is 34.4 Å². The number of aromatic nitrogens is 2. The Morgan fingerprint density at radius 1 is 0.244 bits per heavy atom. The molecule has 4 aliphatic rings. The first kappa shape index (κ1) is 46.3. The van der Waals surface area contributed by atoms with Crippen LogP contribution in [-0.4, -0.2) is 22.6 Å². The molecule has 0 N–H and O–H groups in total. The lowest BCUT2D eigenvalue weighted by atomic mass is 9.34. The second kappa shape index (κ2) is 17.2. The van der Waals surface area contributed by atoms with Gasteiger partial charge in [0.2, 0.25) is 0 Å². The van der Waals surface area contributed by atoms with Gasteiger partial charge in [0.25, 0.3) is 13.4 Å². The molecule has 8 heteroatoms. The van der Waals surface area contributed by atoms with E-state index in [1.54, 1.807) is 0 Å². The fraction of sp³-hybridized carbons (Fsp3) is 0. The lowest BCUT2D eigenvalue weighted by Gasteiger charge is -2.36. The smallest absolute Gasteiger partial charge is 0.256 e. The predicted molar refractivity (Wildman–Crippen MR) is 359 cm³/mol. The first-order chi connectivity index (χ1) is 42.7. The van der Waals surface area contributed by atoms with Crippen LogP contribution in [0.15, 0.2) is 279 Å². The molecule has 0 saturated heterocycles. The zero-order chi connectivity index (χ0) is 55.9. The van der Waals surface area contributed by atoms with Crippen molar-refractivity contribution in [2.45, 2.75) is 0 Å². The van der Waals surface area contributed by atoms with Gasteiger partial charge in [-0.15, -0.1) is 0 Å². The summed E-state index contributed by atoms with van der Waals surface area (Å²) in [5.41, 5.74) is 20.6. The van der Waals surface area contributed by atoms with Crippen LogP contribution >= 0.6 is 0 Å². The summed E-state index contributed by atoms with van der Waals surface area (Å²) in [4.78, 5) is 4.71. The molecule has 4 aliphatic heterocycles. The van der Waals surface area contributed by atoms with Gasteiger partial charge in [-0.1, -0.05) is 182 Å². The van der Waals surface area contributed by atoms with Crippen molar-refractivity contribution >= 4 is 156 Å². The standard InChI is InChI=1S/C78H46B2N4O2/c1-5-21-47(22-6-1)81(48-23-7-2-8-24-48)51-39-69-75-73(41-51)85-71-45-61-59(43-65(71)79(75)63-35-19-33-57-55-31-15-17-37-67(55)83(69)77(57)63)53-29-13-14-30-54(53)60-44-66-72(46-62(60)61)86-74-42-52(82(49-25-9-3-10-26-49)50-27-11-4-12-28-50)40-70-76(74)80(66)64-36-20-34-58-56-32-16-18-38-68(56)84(70)78(58)64/h1-46H. The highest BCUT2D eigenvalue weighted by atomic mass is 16.5. The molecule has 0 saturated carbocycles. The number of anilines is 6. The van der Waals surface area contributed by atoms with Gasteiger partial charge < -0.3 is 28.4 Å². The number of hydrogen-bond acceptors (Lipinski definition) is 4. The monoisotopic (exact) mass is 1090 g/mol. The van der Waals surface area contributed by atoms with Crippen molar-refractivity contribution in [3.63, 3.8) is 0 Å². The maximum Gasteiger partial charge on any atom is 0.256 e. The third-order valence-electron chi connectivity index (χ3n) is 19.1. The number of fused-ring (bicyclic) bond motifs is 20. The lowest BCUT2D eigenvalue weighted by Crippen LogP contribution is -2.58. The van der Waals surface area contributed by atoms with Gasteiger partial charge in [-0.25, -0.2) is 0 Å². The van der Waals surface area contributed by atoms with Crippen LogP contribution in [0, 0.1) is 0 Å². The summed E-state index contributed by atoms with van der Waals surface area (Å²) in [6.45, 7) is -0.219. The van der Waals surface area contributed by atoms with E-state index in [1.165, 1.54) is 87.0 Å². The largest absolute Gasteiger partial charge is 0.458 e. The van der Waals surface area contributed by atoms with Gasteiger partial charge in [0.15, 0.2) is 0 Å². The summed E-state index contributed by atoms with van der Waals surface area (Å²) in [6.07, 6.45) is 0. The Labute approximate surface area is 495 Å². The van der Waals surface area contributed by atoms with Crippen molar-refractivity contribution in [3.05, 3.63) is 279 Å². The van der Waals surface area contributed by atoms with Gasteiger partial charge in [0, 0.05) is 78.8 Å². The Bertz CT molecular complexity index is 5200.